The number of cyclic esters (lactones) is 1. The summed E-state index contributed by atoms with van der Waals surface area (Å²) in [5, 5.41) is 9.93. The van der Waals surface area contributed by atoms with Crippen LogP contribution in [-0.2, 0) is 28.5 Å². The first-order valence-corrected chi connectivity index (χ1v) is 11.3. The number of hydrogen-bond acceptors (Lipinski definition) is 4. The molecule has 1 fully saturated rings. The third-order valence-corrected chi connectivity index (χ3v) is 6.35. The van der Waals surface area contributed by atoms with Gasteiger partial charge in [0.1, 0.15) is 6.10 Å². The van der Waals surface area contributed by atoms with Crippen molar-refractivity contribution >= 4 is 17.7 Å². The van der Waals surface area contributed by atoms with Crippen LogP contribution < -0.4 is 10.2 Å². The fraction of sp³-hybridized carbons (Fsp3) is 0.320. The highest BCUT2D eigenvalue weighted by Crippen LogP contribution is 2.42. The standard InChI is InChI=1S/C25H23F3N4O3/c1-14(33)29-12-17-13-32(24(34)35-17)16-10-9-15-5-4-7-19-22(30-31-23(19)20(15)11-16)18-6-2-3-8-21(18)25(26,27)28/h2-3,6,8-11,17H,4-5,7,12-13H2,1H3,(H,29,33)(H,30,31). The largest absolute Gasteiger partial charge is 0.442 e. The number of halogens is 3. The lowest BCUT2D eigenvalue weighted by atomic mass is 9.96. The van der Waals surface area contributed by atoms with Crippen molar-refractivity contribution in [2.75, 3.05) is 18.0 Å². The maximum atomic E-state index is 13.7. The van der Waals surface area contributed by atoms with E-state index in [2.05, 4.69) is 15.5 Å². The zero-order valence-electron chi connectivity index (χ0n) is 18.9. The fourth-order valence-electron chi connectivity index (χ4n) is 4.73. The summed E-state index contributed by atoms with van der Waals surface area (Å²) in [6.07, 6.45) is -3.42. The normalized spacial score (nSPS) is 17.4. The summed E-state index contributed by atoms with van der Waals surface area (Å²) in [5.74, 6) is -0.209. The zero-order chi connectivity index (χ0) is 24.7. The van der Waals surface area contributed by atoms with E-state index in [9.17, 15) is 22.8 Å². The Labute approximate surface area is 199 Å². The van der Waals surface area contributed by atoms with Gasteiger partial charge in [-0.2, -0.15) is 18.3 Å². The number of aryl methyl sites for hydroxylation is 1. The number of alkyl halides is 3. The summed E-state index contributed by atoms with van der Waals surface area (Å²) in [6, 6.07) is 11.1. The van der Waals surface area contributed by atoms with Crippen molar-refractivity contribution in [1.29, 1.82) is 0 Å². The molecule has 0 spiro atoms. The minimum Gasteiger partial charge on any atom is -0.442 e. The topological polar surface area (TPSA) is 87.3 Å². The van der Waals surface area contributed by atoms with Gasteiger partial charge in [0.25, 0.3) is 0 Å². The summed E-state index contributed by atoms with van der Waals surface area (Å²) in [5.41, 5.74) is 3.43. The van der Waals surface area contributed by atoms with Crippen LogP contribution in [0, 0.1) is 0 Å². The van der Waals surface area contributed by atoms with E-state index in [1.807, 2.05) is 18.2 Å². The van der Waals surface area contributed by atoms with E-state index < -0.39 is 23.9 Å². The highest BCUT2D eigenvalue weighted by atomic mass is 19.4. The molecule has 182 valence electrons. The van der Waals surface area contributed by atoms with Gasteiger partial charge in [0.15, 0.2) is 0 Å². The second-order valence-corrected chi connectivity index (χ2v) is 8.72. The Bertz CT molecular complexity index is 1300. The molecule has 3 aromatic rings. The highest BCUT2D eigenvalue weighted by molar-refractivity contribution is 5.91. The molecule has 0 radical (unpaired) electrons. The van der Waals surface area contributed by atoms with E-state index >= 15 is 0 Å². The van der Waals surface area contributed by atoms with Crippen LogP contribution in [-0.4, -0.2) is 41.4 Å². The number of ether oxygens (including phenoxy) is 1. The number of nitrogens with zero attached hydrogens (tertiary/aromatic N) is 2. The number of aromatic nitrogens is 2. The molecule has 35 heavy (non-hydrogen) atoms. The first-order chi connectivity index (χ1) is 16.7. The van der Waals surface area contributed by atoms with E-state index in [1.165, 1.54) is 24.0 Å². The molecular formula is C25H23F3N4O3. The van der Waals surface area contributed by atoms with Crippen LogP contribution in [0.3, 0.4) is 0 Å². The molecule has 2 aliphatic rings. The molecule has 2 heterocycles. The minimum absolute atomic E-state index is 0.0426. The number of hydrogen-bond donors (Lipinski definition) is 2. The highest BCUT2D eigenvalue weighted by Gasteiger charge is 2.36. The summed E-state index contributed by atoms with van der Waals surface area (Å²) in [4.78, 5) is 25.2. The summed E-state index contributed by atoms with van der Waals surface area (Å²) in [6.45, 7) is 1.89. The zero-order valence-corrected chi connectivity index (χ0v) is 18.9. The molecule has 5 rings (SSSR count). The predicted molar refractivity (Wildman–Crippen MR) is 123 cm³/mol. The van der Waals surface area contributed by atoms with Gasteiger partial charge in [-0.15, -0.1) is 0 Å². The number of benzene rings is 2. The van der Waals surface area contributed by atoms with Crippen molar-refractivity contribution in [1.82, 2.24) is 15.5 Å². The molecule has 1 aliphatic heterocycles. The van der Waals surface area contributed by atoms with E-state index in [1.54, 1.807) is 6.07 Å². The lowest BCUT2D eigenvalue weighted by Gasteiger charge is -2.16. The van der Waals surface area contributed by atoms with E-state index in [0.29, 0.717) is 23.5 Å². The van der Waals surface area contributed by atoms with Gasteiger partial charge in [-0.1, -0.05) is 24.3 Å². The Balaban J connectivity index is 1.52. The maximum absolute atomic E-state index is 13.7. The van der Waals surface area contributed by atoms with Crippen molar-refractivity contribution < 1.29 is 27.5 Å². The molecular weight excluding hydrogens is 461 g/mol. The number of anilines is 1. The van der Waals surface area contributed by atoms with Crippen LogP contribution in [0.2, 0.25) is 0 Å². The van der Waals surface area contributed by atoms with Gasteiger partial charge in [0.05, 0.1) is 30.0 Å². The van der Waals surface area contributed by atoms with Crippen molar-refractivity contribution in [2.24, 2.45) is 0 Å². The van der Waals surface area contributed by atoms with Gasteiger partial charge in [-0.3, -0.25) is 14.8 Å². The van der Waals surface area contributed by atoms with Crippen LogP contribution in [0.5, 0.6) is 0 Å². The van der Waals surface area contributed by atoms with Gasteiger partial charge >= 0.3 is 12.3 Å². The Morgan fingerprint density at radius 2 is 2.00 bits per heavy atom. The molecule has 2 N–H and O–H groups in total. The van der Waals surface area contributed by atoms with Crippen LogP contribution in [0.1, 0.15) is 30.0 Å². The third-order valence-electron chi connectivity index (χ3n) is 6.35. The lowest BCUT2D eigenvalue weighted by molar-refractivity contribution is -0.137. The van der Waals surface area contributed by atoms with Gasteiger partial charge in [-0.25, -0.2) is 4.79 Å². The smallest absolute Gasteiger partial charge is 0.417 e. The van der Waals surface area contributed by atoms with Gasteiger partial charge in [0, 0.05) is 29.3 Å². The Kier molecular flexibility index (Phi) is 5.74. The number of fused-ring (bicyclic) bond motifs is 3. The van der Waals surface area contributed by atoms with Crippen LogP contribution >= 0.6 is 0 Å². The second kappa shape index (κ2) is 8.75. The number of nitrogens with one attached hydrogen (secondary N) is 2. The number of amides is 2. The van der Waals surface area contributed by atoms with Gasteiger partial charge < -0.3 is 10.1 Å². The predicted octanol–water partition coefficient (Wildman–Crippen LogP) is 4.71. The molecule has 10 heteroatoms. The Hall–Kier alpha value is -3.82. The van der Waals surface area contributed by atoms with Crippen molar-refractivity contribution in [3.05, 3.63) is 59.2 Å². The summed E-state index contributed by atoms with van der Waals surface area (Å²) >= 11 is 0. The molecule has 1 aliphatic carbocycles. The molecule has 1 aromatic heterocycles. The average Bonchev–Trinajstić information content (AvgIpc) is 3.35. The summed E-state index contributed by atoms with van der Waals surface area (Å²) < 4.78 is 46.4. The van der Waals surface area contributed by atoms with Crippen LogP contribution in [0.25, 0.3) is 22.5 Å². The first-order valence-electron chi connectivity index (χ1n) is 11.3. The van der Waals surface area contributed by atoms with Crippen LogP contribution in [0.4, 0.5) is 23.7 Å². The number of carbonyl (C=O) groups is 2. The van der Waals surface area contributed by atoms with Crippen molar-refractivity contribution in [3.8, 4) is 22.5 Å². The Morgan fingerprint density at radius 3 is 2.77 bits per heavy atom. The minimum atomic E-state index is -4.50. The molecule has 1 unspecified atom stereocenters. The number of H-pyrrole nitrogens is 1. The molecule has 0 bridgehead atoms. The first kappa shape index (κ1) is 22.9. The third kappa shape index (κ3) is 4.36. The average molecular weight is 484 g/mol. The van der Waals surface area contributed by atoms with Crippen LogP contribution in [0.15, 0.2) is 42.5 Å². The van der Waals surface area contributed by atoms with Crippen molar-refractivity contribution in [3.63, 3.8) is 0 Å². The number of carbonyl (C=O) groups excluding carboxylic acids is 2. The SMILES string of the molecule is CC(=O)NCC1CN(c2ccc3c(c2)-c2[nH]nc(-c4ccccc4C(F)(F)F)c2CCC3)C(=O)O1. The maximum Gasteiger partial charge on any atom is 0.417 e. The fourth-order valence-corrected chi connectivity index (χ4v) is 4.73. The van der Waals surface area contributed by atoms with Gasteiger partial charge in [0.2, 0.25) is 5.91 Å². The summed E-state index contributed by atoms with van der Waals surface area (Å²) in [7, 11) is 0. The van der Waals surface area contributed by atoms with Crippen molar-refractivity contribution in [2.45, 2.75) is 38.5 Å². The number of aromatic amines is 1. The Morgan fingerprint density at radius 1 is 1.20 bits per heavy atom. The second-order valence-electron chi connectivity index (χ2n) is 8.72. The molecule has 7 nitrogen and oxygen atoms in total. The van der Waals surface area contributed by atoms with E-state index in [4.69, 9.17) is 4.74 Å². The van der Waals surface area contributed by atoms with E-state index in [0.717, 1.165) is 35.6 Å². The monoisotopic (exact) mass is 484 g/mol. The molecule has 1 saturated heterocycles. The molecule has 0 saturated carbocycles. The quantitative estimate of drug-likeness (QED) is 0.562. The van der Waals surface area contributed by atoms with E-state index in [-0.39, 0.29) is 24.6 Å². The molecule has 1 atom stereocenters. The lowest BCUT2D eigenvalue weighted by Crippen LogP contribution is -2.33. The molecule has 2 amide bonds. The van der Waals surface area contributed by atoms with Gasteiger partial charge in [-0.05, 0) is 43.0 Å². The molecule has 2 aromatic carbocycles. The number of rotatable bonds is 4.